The lowest BCUT2D eigenvalue weighted by Crippen LogP contribution is -2.21. The van der Waals surface area contributed by atoms with Gasteiger partial charge in [-0.2, -0.15) is 4.31 Å². The molecule has 2 aliphatic rings. The standard InChI is InChI=1S/C11H15F2NO3.C11H15NO4.C4H10F3NS/c12-10(13)6-8-5-9(17-14-8)7-16-11-3-1-2-4-15-11;13-5-4-9-7-10(16-12-9)8-15-11-3-1-2-6-14-11;1-3-8(4-2)9(5,6)7/h5,10-11H,1-4,6-7H2;5,7,11H,1-4,6,8H2;3-4H2,1-2H3. The summed E-state index contributed by atoms with van der Waals surface area (Å²) in [5, 5.41) is 7.29. The van der Waals surface area contributed by atoms with Crippen molar-refractivity contribution in [2.45, 2.75) is 97.4 Å². The molecule has 2 atom stereocenters. The molecule has 0 bridgehead atoms. The maximum Gasteiger partial charge on any atom is 0.278 e. The van der Waals surface area contributed by atoms with Crippen LogP contribution in [0.5, 0.6) is 0 Å². The second-order valence-electron chi connectivity index (χ2n) is 9.25. The summed E-state index contributed by atoms with van der Waals surface area (Å²) in [5.74, 6) is 1.08. The largest absolute Gasteiger partial charge is 0.359 e. The van der Waals surface area contributed by atoms with Gasteiger partial charge in [0, 0.05) is 44.9 Å². The van der Waals surface area contributed by atoms with Gasteiger partial charge in [0.05, 0.1) is 17.8 Å². The minimum absolute atomic E-state index is 0.0648. The van der Waals surface area contributed by atoms with E-state index in [2.05, 4.69) is 10.3 Å². The van der Waals surface area contributed by atoms with E-state index < -0.39 is 17.8 Å². The van der Waals surface area contributed by atoms with Gasteiger partial charge >= 0.3 is 0 Å². The van der Waals surface area contributed by atoms with Crippen molar-refractivity contribution in [2.75, 3.05) is 26.3 Å². The van der Waals surface area contributed by atoms with Gasteiger partial charge < -0.3 is 32.8 Å². The topological polar surface area (TPSA) is 109 Å². The Balaban J connectivity index is 0.000000232. The fourth-order valence-corrected chi connectivity index (χ4v) is 4.42. The molecule has 4 rings (SSSR count). The van der Waals surface area contributed by atoms with Crippen LogP contribution in [0.3, 0.4) is 0 Å². The highest BCUT2D eigenvalue weighted by molar-refractivity contribution is 8.18. The van der Waals surface area contributed by atoms with Gasteiger partial charge in [0.2, 0.25) is 6.43 Å². The van der Waals surface area contributed by atoms with Crippen LogP contribution in [0.1, 0.15) is 75.3 Å². The second-order valence-corrected chi connectivity index (χ2v) is 10.5. The molecule has 2 aliphatic heterocycles. The maximum absolute atomic E-state index is 12.1. The number of alkyl halides is 2. The van der Waals surface area contributed by atoms with Gasteiger partial charge in [0.1, 0.15) is 19.5 Å². The molecule has 10 nitrogen and oxygen atoms in total. The van der Waals surface area contributed by atoms with Crippen molar-refractivity contribution in [1.82, 2.24) is 14.6 Å². The van der Waals surface area contributed by atoms with E-state index in [1.807, 2.05) is 0 Å². The van der Waals surface area contributed by atoms with E-state index in [1.165, 1.54) is 19.9 Å². The number of hydrogen-bond acceptors (Lipinski definition) is 10. The van der Waals surface area contributed by atoms with Gasteiger partial charge in [-0.3, -0.25) is 0 Å². The highest BCUT2D eigenvalue weighted by Crippen LogP contribution is 2.56. The van der Waals surface area contributed by atoms with Crippen LogP contribution in [0, 0.1) is 0 Å². The molecule has 2 aromatic heterocycles. The SMILES string of the molecule is CCN(CC)S(F)(F)F.FC(F)Cc1cc(COC2CCCCO2)on1.O=CCc1cc(COC2CCCCO2)on1. The third-order valence-corrected chi connectivity index (χ3v) is 7.07. The van der Waals surface area contributed by atoms with Gasteiger partial charge in [0.15, 0.2) is 24.1 Å². The second kappa shape index (κ2) is 20.0. The zero-order valence-electron chi connectivity index (χ0n) is 23.9. The summed E-state index contributed by atoms with van der Waals surface area (Å²) >= 11 is -4.93. The molecular weight excluding hydrogens is 593 g/mol. The van der Waals surface area contributed by atoms with Crippen LogP contribution >= 0.6 is 11.4 Å². The Labute approximate surface area is 244 Å². The first-order valence-corrected chi connectivity index (χ1v) is 15.2. The van der Waals surface area contributed by atoms with Gasteiger partial charge in [-0.1, -0.05) is 24.2 Å². The average molecular weight is 634 g/mol. The summed E-state index contributed by atoms with van der Waals surface area (Å²) in [6.07, 6.45) is 4.10. The fraction of sp³-hybridized carbons (Fsp3) is 0.731. The molecule has 16 heteroatoms. The van der Waals surface area contributed by atoms with Crippen molar-refractivity contribution in [1.29, 1.82) is 0 Å². The first-order chi connectivity index (χ1) is 20.1. The molecule has 42 heavy (non-hydrogen) atoms. The van der Waals surface area contributed by atoms with Crippen LogP contribution in [-0.4, -0.2) is 66.2 Å². The molecule has 2 aromatic rings. The quantitative estimate of drug-likeness (QED) is 0.175. The summed E-state index contributed by atoms with van der Waals surface area (Å²) < 4.78 is 91.5. The highest BCUT2D eigenvalue weighted by atomic mass is 32.3. The summed E-state index contributed by atoms with van der Waals surface area (Å²) in [5.41, 5.74) is 0.890. The molecule has 0 N–H and O–H groups in total. The molecule has 0 spiro atoms. The molecule has 2 unspecified atom stereocenters. The smallest absolute Gasteiger partial charge is 0.278 e. The first kappa shape index (κ1) is 36.1. The number of ether oxygens (including phenoxy) is 4. The Hall–Kier alpha value is -2.11. The third-order valence-electron chi connectivity index (χ3n) is 5.97. The molecule has 242 valence electrons. The Morgan fingerprint density at radius 1 is 0.905 bits per heavy atom. The summed E-state index contributed by atoms with van der Waals surface area (Å²) in [4.78, 5) is 10.3. The van der Waals surface area contributed by atoms with Crippen LogP contribution in [0.15, 0.2) is 21.2 Å². The van der Waals surface area contributed by atoms with Crippen molar-refractivity contribution in [2.24, 2.45) is 0 Å². The molecule has 0 aromatic carbocycles. The number of carbonyl (C=O) groups is 1. The number of rotatable bonds is 13. The van der Waals surface area contributed by atoms with Crippen LogP contribution in [0.4, 0.5) is 20.4 Å². The highest BCUT2D eigenvalue weighted by Gasteiger charge is 2.28. The zero-order chi connectivity index (χ0) is 30.8. The van der Waals surface area contributed by atoms with Gasteiger partial charge in [-0.05, 0) is 38.5 Å². The molecule has 0 radical (unpaired) electrons. The van der Waals surface area contributed by atoms with Crippen LogP contribution in [0.2, 0.25) is 0 Å². The predicted molar refractivity (Wildman–Crippen MR) is 143 cm³/mol. The fourth-order valence-electron chi connectivity index (χ4n) is 3.84. The number of hydrogen-bond donors (Lipinski definition) is 0. The van der Waals surface area contributed by atoms with E-state index in [0.717, 1.165) is 51.4 Å². The molecule has 0 saturated carbocycles. The van der Waals surface area contributed by atoms with E-state index in [0.29, 0.717) is 34.7 Å². The lowest BCUT2D eigenvalue weighted by atomic mass is 10.2. The molecule has 2 fully saturated rings. The monoisotopic (exact) mass is 633 g/mol. The van der Waals surface area contributed by atoms with E-state index in [4.69, 9.17) is 28.0 Å². The predicted octanol–water partition coefficient (Wildman–Crippen LogP) is 6.69. The van der Waals surface area contributed by atoms with Gasteiger partial charge in [-0.15, -0.1) is 11.7 Å². The van der Waals surface area contributed by atoms with Gasteiger partial charge in [0.25, 0.3) is 11.4 Å². The van der Waals surface area contributed by atoms with Crippen LogP contribution in [0.25, 0.3) is 0 Å². The molecule has 0 aliphatic carbocycles. The van der Waals surface area contributed by atoms with Crippen LogP contribution in [-0.2, 0) is 49.8 Å². The van der Waals surface area contributed by atoms with Crippen molar-refractivity contribution < 1.29 is 53.2 Å². The lowest BCUT2D eigenvalue weighted by molar-refractivity contribution is -0.171. The van der Waals surface area contributed by atoms with Crippen LogP contribution < -0.4 is 0 Å². The normalized spacial score (nSPS) is 19.5. The minimum Gasteiger partial charge on any atom is -0.359 e. The Kier molecular flexibility index (Phi) is 17.1. The Bertz CT molecular complexity index is 980. The number of carbonyl (C=O) groups excluding carboxylic acids is 1. The van der Waals surface area contributed by atoms with E-state index in [1.54, 1.807) is 6.07 Å². The number of aldehydes is 1. The van der Waals surface area contributed by atoms with Gasteiger partial charge in [-0.25, -0.2) is 8.78 Å². The molecular formula is C26H40F5N3O7S. The Morgan fingerprint density at radius 3 is 1.79 bits per heavy atom. The summed E-state index contributed by atoms with van der Waals surface area (Å²) in [6, 6.07) is 3.23. The van der Waals surface area contributed by atoms with Crippen molar-refractivity contribution in [3.63, 3.8) is 0 Å². The van der Waals surface area contributed by atoms with Crippen molar-refractivity contribution >= 4 is 17.7 Å². The molecule has 0 amide bonds. The summed E-state index contributed by atoms with van der Waals surface area (Å²) in [6.45, 7) is 5.16. The number of halogens is 5. The van der Waals surface area contributed by atoms with Crippen molar-refractivity contribution in [3.05, 3.63) is 35.0 Å². The molecule has 4 heterocycles. The van der Waals surface area contributed by atoms with E-state index >= 15 is 0 Å². The van der Waals surface area contributed by atoms with E-state index in [9.17, 15) is 25.2 Å². The lowest BCUT2D eigenvalue weighted by Gasteiger charge is -2.23. The number of aromatic nitrogens is 2. The number of nitrogens with zero attached hydrogens (tertiary/aromatic N) is 3. The first-order valence-electron chi connectivity index (χ1n) is 13.9. The third kappa shape index (κ3) is 14.9. The Morgan fingerprint density at radius 2 is 1.40 bits per heavy atom. The van der Waals surface area contributed by atoms with E-state index in [-0.39, 0.29) is 50.8 Å². The minimum atomic E-state index is -4.93. The maximum atomic E-state index is 12.1. The molecule has 2 saturated heterocycles. The van der Waals surface area contributed by atoms with Crippen molar-refractivity contribution in [3.8, 4) is 0 Å². The average Bonchev–Trinajstić information content (AvgIpc) is 3.61. The summed E-state index contributed by atoms with van der Waals surface area (Å²) in [7, 11) is 0. The zero-order valence-corrected chi connectivity index (χ0v) is 24.7.